The van der Waals surface area contributed by atoms with Crippen LogP contribution in [0.2, 0.25) is 0 Å². The smallest absolute Gasteiger partial charge is 0.119 e. The molecule has 1 aromatic heterocycles. The predicted molar refractivity (Wildman–Crippen MR) is 71.8 cm³/mol. The highest BCUT2D eigenvalue weighted by Crippen LogP contribution is 2.15. The molecule has 0 fully saturated rings. The van der Waals surface area contributed by atoms with Gasteiger partial charge in [0.2, 0.25) is 0 Å². The maximum absolute atomic E-state index is 8.58. The average molecular weight is 258 g/mol. The van der Waals surface area contributed by atoms with Crippen LogP contribution >= 0.6 is 11.3 Å². The summed E-state index contributed by atoms with van der Waals surface area (Å²) in [4.78, 5) is 5.48. The number of benzene rings is 1. The maximum Gasteiger partial charge on any atom is 0.119 e. The van der Waals surface area contributed by atoms with Gasteiger partial charge in [0.15, 0.2) is 0 Å². The fourth-order valence-corrected chi connectivity index (χ4v) is 2.39. The molecule has 0 aliphatic carbocycles. The topological polar surface area (TPSA) is 45.9 Å². The SMILES string of the molecule is Cc1ncsc1CCOc1ccc(CC#N)cc1. The Kier molecular flexibility index (Phi) is 4.32. The lowest BCUT2D eigenvalue weighted by molar-refractivity contribution is 0.322. The van der Waals surface area contributed by atoms with Crippen LogP contribution in [-0.4, -0.2) is 11.6 Å². The Balaban J connectivity index is 1.83. The van der Waals surface area contributed by atoms with Crippen molar-refractivity contribution in [2.75, 3.05) is 6.61 Å². The van der Waals surface area contributed by atoms with Crippen LogP contribution in [0.5, 0.6) is 5.75 Å². The van der Waals surface area contributed by atoms with Crippen molar-refractivity contribution in [1.29, 1.82) is 5.26 Å². The molecule has 0 aliphatic rings. The van der Waals surface area contributed by atoms with Gasteiger partial charge in [-0.15, -0.1) is 11.3 Å². The first-order valence-electron chi connectivity index (χ1n) is 5.77. The van der Waals surface area contributed by atoms with E-state index in [0.29, 0.717) is 13.0 Å². The third kappa shape index (κ3) is 3.31. The first-order valence-corrected chi connectivity index (χ1v) is 6.65. The molecule has 0 bridgehead atoms. The summed E-state index contributed by atoms with van der Waals surface area (Å²) in [5.41, 5.74) is 3.97. The van der Waals surface area contributed by atoms with E-state index in [0.717, 1.165) is 23.4 Å². The van der Waals surface area contributed by atoms with Crippen LogP contribution in [0.4, 0.5) is 0 Å². The van der Waals surface area contributed by atoms with E-state index in [1.807, 2.05) is 36.7 Å². The zero-order valence-electron chi connectivity index (χ0n) is 10.2. The molecule has 0 spiro atoms. The molecule has 3 nitrogen and oxygen atoms in total. The minimum Gasteiger partial charge on any atom is -0.493 e. The molecule has 1 aromatic carbocycles. The summed E-state index contributed by atoms with van der Waals surface area (Å²) < 4.78 is 5.66. The van der Waals surface area contributed by atoms with Crippen LogP contribution in [0, 0.1) is 18.3 Å². The Morgan fingerprint density at radius 3 is 2.72 bits per heavy atom. The van der Waals surface area contributed by atoms with Crippen LogP contribution in [0.15, 0.2) is 29.8 Å². The summed E-state index contributed by atoms with van der Waals surface area (Å²) in [5, 5.41) is 8.58. The van der Waals surface area contributed by atoms with E-state index < -0.39 is 0 Å². The van der Waals surface area contributed by atoms with Gasteiger partial charge in [-0.25, -0.2) is 4.98 Å². The van der Waals surface area contributed by atoms with Gasteiger partial charge < -0.3 is 4.74 Å². The zero-order valence-corrected chi connectivity index (χ0v) is 11.0. The first-order chi connectivity index (χ1) is 8.79. The number of nitrogens with zero attached hydrogens (tertiary/aromatic N) is 2. The number of ether oxygens (including phenoxy) is 1. The Hall–Kier alpha value is -1.86. The van der Waals surface area contributed by atoms with Gasteiger partial charge >= 0.3 is 0 Å². The van der Waals surface area contributed by atoms with Gasteiger partial charge in [-0.05, 0) is 24.6 Å². The lowest BCUT2D eigenvalue weighted by Crippen LogP contribution is -2.01. The number of thiazole rings is 1. The van der Waals surface area contributed by atoms with Gasteiger partial charge in [0.1, 0.15) is 5.75 Å². The Morgan fingerprint density at radius 2 is 2.11 bits per heavy atom. The zero-order chi connectivity index (χ0) is 12.8. The minimum absolute atomic E-state index is 0.445. The fourth-order valence-electron chi connectivity index (χ4n) is 1.62. The second-order valence-electron chi connectivity index (χ2n) is 3.94. The molecule has 0 aliphatic heterocycles. The predicted octanol–water partition coefficient (Wildman–Crippen LogP) is 3.14. The van der Waals surface area contributed by atoms with Gasteiger partial charge in [0, 0.05) is 11.3 Å². The maximum atomic E-state index is 8.58. The number of hydrogen-bond acceptors (Lipinski definition) is 4. The standard InChI is InChI=1S/C14H14N2OS/c1-11-14(18-10-16-11)7-9-17-13-4-2-12(3-5-13)6-8-15/h2-5,10H,6-7,9H2,1H3. The molecule has 0 amide bonds. The van der Waals surface area contributed by atoms with Crippen LogP contribution in [0.3, 0.4) is 0 Å². The quantitative estimate of drug-likeness (QED) is 0.827. The average Bonchev–Trinajstić information content (AvgIpc) is 2.78. The summed E-state index contributed by atoms with van der Waals surface area (Å²) in [6.45, 7) is 2.67. The lowest BCUT2D eigenvalue weighted by atomic mass is 10.2. The lowest BCUT2D eigenvalue weighted by Gasteiger charge is -2.05. The molecular formula is C14H14N2OS. The highest BCUT2D eigenvalue weighted by Gasteiger charge is 2.01. The summed E-state index contributed by atoms with van der Waals surface area (Å²) in [5.74, 6) is 0.846. The van der Waals surface area contributed by atoms with Gasteiger partial charge in [-0.2, -0.15) is 5.26 Å². The van der Waals surface area contributed by atoms with Crippen molar-refractivity contribution in [3.8, 4) is 11.8 Å². The molecule has 2 rings (SSSR count). The molecule has 1 heterocycles. The third-order valence-corrected chi connectivity index (χ3v) is 3.64. The van der Waals surface area contributed by atoms with Crippen molar-refractivity contribution in [3.63, 3.8) is 0 Å². The normalized spacial score (nSPS) is 10.0. The van der Waals surface area contributed by atoms with E-state index in [1.165, 1.54) is 4.88 Å². The van der Waals surface area contributed by atoms with Crippen LogP contribution in [-0.2, 0) is 12.8 Å². The van der Waals surface area contributed by atoms with Crippen molar-refractivity contribution < 1.29 is 4.74 Å². The van der Waals surface area contributed by atoms with Crippen molar-refractivity contribution in [3.05, 3.63) is 45.9 Å². The molecule has 0 saturated carbocycles. The van der Waals surface area contributed by atoms with Crippen molar-refractivity contribution in [1.82, 2.24) is 4.98 Å². The molecular weight excluding hydrogens is 244 g/mol. The van der Waals surface area contributed by atoms with Gasteiger partial charge in [-0.1, -0.05) is 12.1 Å². The molecule has 4 heteroatoms. The van der Waals surface area contributed by atoms with Gasteiger partial charge in [-0.3, -0.25) is 0 Å². The number of hydrogen-bond donors (Lipinski definition) is 0. The summed E-state index contributed by atoms with van der Waals surface area (Å²) in [7, 11) is 0. The molecule has 0 radical (unpaired) electrons. The highest BCUT2D eigenvalue weighted by atomic mass is 32.1. The number of rotatable bonds is 5. The largest absolute Gasteiger partial charge is 0.493 e. The fraction of sp³-hybridized carbons (Fsp3) is 0.286. The van der Waals surface area contributed by atoms with E-state index in [2.05, 4.69) is 11.1 Å². The number of aromatic nitrogens is 1. The summed E-state index contributed by atoms with van der Waals surface area (Å²) >= 11 is 1.67. The second-order valence-corrected chi connectivity index (χ2v) is 4.88. The van der Waals surface area contributed by atoms with Crippen LogP contribution in [0.1, 0.15) is 16.1 Å². The summed E-state index contributed by atoms with van der Waals surface area (Å²) in [6.07, 6.45) is 1.33. The molecule has 0 N–H and O–H groups in total. The van der Waals surface area contributed by atoms with E-state index in [4.69, 9.17) is 10.00 Å². The Morgan fingerprint density at radius 1 is 1.33 bits per heavy atom. The highest BCUT2D eigenvalue weighted by molar-refractivity contribution is 7.09. The number of nitriles is 1. The van der Waals surface area contributed by atoms with Crippen LogP contribution in [0.25, 0.3) is 0 Å². The van der Waals surface area contributed by atoms with Gasteiger partial charge in [0.05, 0.1) is 30.3 Å². The monoisotopic (exact) mass is 258 g/mol. The molecule has 0 unspecified atom stereocenters. The molecule has 18 heavy (non-hydrogen) atoms. The third-order valence-electron chi connectivity index (χ3n) is 2.65. The molecule has 92 valence electrons. The van der Waals surface area contributed by atoms with Crippen molar-refractivity contribution in [2.24, 2.45) is 0 Å². The molecule has 0 saturated heterocycles. The van der Waals surface area contributed by atoms with Gasteiger partial charge in [0.25, 0.3) is 0 Å². The van der Waals surface area contributed by atoms with E-state index in [9.17, 15) is 0 Å². The van der Waals surface area contributed by atoms with Crippen molar-refractivity contribution >= 4 is 11.3 Å². The van der Waals surface area contributed by atoms with E-state index >= 15 is 0 Å². The Bertz CT molecular complexity index is 540. The first kappa shape index (κ1) is 12.6. The summed E-state index contributed by atoms with van der Waals surface area (Å²) in [6, 6.07) is 9.80. The molecule has 0 atom stereocenters. The minimum atomic E-state index is 0.445. The van der Waals surface area contributed by atoms with Crippen molar-refractivity contribution in [2.45, 2.75) is 19.8 Å². The van der Waals surface area contributed by atoms with Crippen LogP contribution < -0.4 is 4.74 Å². The van der Waals surface area contributed by atoms with E-state index in [-0.39, 0.29) is 0 Å². The second kappa shape index (κ2) is 6.18. The molecule has 2 aromatic rings. The van der Waals surface area contributed by atoms with E-state index in [1.54, 1.807) is 11.3 Å². The number of aryl methyl sites for hydroxylation is 1. The Labute approximate surface area is 111 Å².